The van der Waals surface area contributed by atoms with Crippen molar-refractivity contribution in [2.24, 2.45) is 11.8 Å². The Morgan fingerprint density at radius 1 is 0.840 bits per heavy atom. The van der Waals surface area contributed by atoms with Gasteiger partial charge in [0.25, 0.3) is 0 Å². The van der Waals surface area contributed by atoms with Gasteiger partial charge in [-0.15, -0.1) is 12.4 Å². The lowest BCUT2D eigenvalue weighted by atomic mass is 9.86. The first-order chi connectivity index (χ1) is 11.9. The second kappa shape index (κ2) is 8.98. The van der Waals surface area contributed by atoms with Gasteiger partial charge in [-0.25, -0.2) is 0 Å². The normalized spacial score (nSPS) is 19.7. The molecule has 0 atom stereocenters. The number of pyridine rings is 1. The number of piperidine rings is 2. The van der Waals surface area contributed by atoms with Crippen LogP contribution in [-0.4, -0.2) is 31.2 Å². The molecule has 3 nitrogen and oxygen atoms in total. The summed E-state index contributed by atoms with van der Waals surface area (Å²) in [5.74, 6) is 1.62. The molecule has 0 bridgehead atoms. The van der Waals surface area contributed by atoms with Gasteiger partial charge < -0.3 is 10.6 Å². The number of para-hydroxylation sites is 1. The van der Waals surface area contributed by atoms with E-state index in [1.54, 1.807) is 0 Å². The number of hydrogen-bond acceptors (Lipinski definition) is 3. The Hall–Kier alpha value is -1.16. The Kier molecular flexibility index (Phi) is 6.69. The van der Waals surface area contributed by atoms with E-state index in [0.29, 0.717) is 0 Å². The lowest BCUT2D eigenvalue weighted by Gasteiger charge is -2.26. The Balaban J connectivity index is 0.00000182. The van der Waals surface area contributed by atoms with Gasteiger partial charge in [-0.1, -0.05) is 18.2 Å². The fraction of sp³-hybridized carbons (Fsp3) is 0.571. The fourth-order valence-electron chi connectivity index (χ4n) is 4.31. The molecule has 0 saturated carbocycles. The minimum absolute atomic E-state index is 0. The number of aromatic nitrogens is 1. The van der Waals surface area contributed by atoms with Crippen molar-refractivity contribution < 1.29 is 0 Å². The van der Waals surface area contributed by atoms with Crippen LogP contribution < -0.4 is 10.6 Å². The van der Waals surface area contributed by atoms with Crippen molar-refractivity contribution in [2.45, 2.75) is 38.5 Å². The molecular weight excluding hydrogens is 330 g/mol. The summed E-state index contributed by atoms with van der Waals surface area (Å²) in [6, 6.07) is 11.0. The van der Waals surface area contributed by atoms with Crippen LogP contribution in [0.3, 0.4) is 0 Å². The van der Waals surface area contributed by atoms with Crippen molar-refractivity contribution in [1.29, 1.82) is 0 Å². The van der Waals surface area contributed by atoms with Gasteiger partial charge in [0.15, 0.2) is 0 Å². The van der Waals surface area contributed by atoms with Crippen molar-refractivity contribution in [3.05, 3.63) is 41.6 Å². The van der Waals surface area contributed by atoms with Gasteiger partial charge in [0.05, 0.1) is 5.52 Å². The standard InChI is InChI=1S/C21H29N3.ClH/c1-2-4-20-18(3-1)15-19(13-16-5-9-22-10-6-16)21(24-20)14-17-7-11-23-12-8-17;/h1-4,15-17,22-23H,5-14H2;1H. The van der Waals surface area contributed by atoms with Gasteiger partial charge in [-0.05, 0) is 94.2 Å². The smallest absolute Gasteiger partial charge is 0.0705 e. The minimum atomic E-state index is 0. The summed E-state index contributed by atoms with van der Waals surface area (Å²) >= 11 is 0. The highest BCUT2D eigenvalue weighted by molar-refractivity contribution is 5.85. The number of benzene rings is 1. The molecule has 1 aromatic carbocycles. The maximum atomic E-state index is 5.10. The molecule has 0 spiro atoms. The zero-order chi connectivity index (χ0) is 16.2. The predicted molar refractivity (Wildman–Crippen MR) is 108 cm³/mol. The Labute approximate surface area is 157 Å². The van der Waals surface area contributed by atoms with E-state index in [1.807, 2.05) is 0 Å². The van der Waals surface area contributed by atoms with Crippen molar-refractivity contribution >= 4 is 23.3 Å². The molecular formula is C21H30ClN3. The van der Waals surface area contributed by atoms with Crippen molar-refractivity contribution in [1.82, 2.24) is 15.6 Å². The van der Waals surface area contributed by atoms with Crippen molar-refractivity contribution in [2.75, 3.05) is 26.2 Å². The summed E-state index contributed by atoms with van der Waals surface area (Å²) in [6.07, 6.45) is 7.56. The van der Waals surface area contributed by atoms with Crippen LogP contribution >= 0.6 is 12.4 Å². The van der Waals surface area contributed by atoms with E-state index in [-0.39, 0.29) is 12.4 Å². The number of rotatable bonds is 4. The highest BCUT2D eigenvalue weighted by atomic mass is 35.5. The summed E-state index contributed by atoms with van der Waals surface area (Å²) in [4.78, 5) is 5.10. The zero-order valence-electron chi connectivity index (χ0n) is 15.0. The molecule has 2 aliphatic heterocycles. The number of hydrogen-bond donors (Lipinski definition) is 2. The van der Waals surface area contributed by atoms with Crippen LogP contribution in [0.25, 0.3) is 10.9 Å². The third-order valence-electron chi connectivity index (χ3n) is 5.80. The second-order valence-corrected chi connectivity index (χ2v) is 7.58. The van der Waals surface area contributed by atoms with Gasteiger partial charge in [-0.2, -0.15) is 0 Å². The van der Waals surface area contributed by atoms with E-state index in [4.69, 9.17) is 4.98 Å². The highest BCUT2D eigenvalue weighted by Gasteiger charge is 2.20. The van der Waals surface area contributed by atoms with Crippen LogP contribution in [-0.2, 0) is 12.8 Å². The molecule has 2 aliphatic rings. The van der Waals surface area contributed by atoms with Crippen LogP contribution in [0.5, 0.6) is 0 Å². The van der Waals surface area contributed by atoms with Gasteiger partial charge >= 0.3 is 0 Å². The molecule has 2 saturated heterocycles. The first-order valence-electron chi connectivity index (χ1n) is 9.67. The monoisotopic (exact) mass is 359 g/mol. The Morgan fingerprint density at radius 3 is 2.12 bits per heavy atom. The average molecular weight is 360 g/mol. The van der Waals surface area contributed by atoms with E-state index >= 15 is 0 Å². The number of fused-ring (bicyclic) bond motifs is 1. The summed E-state index contributed by atoms with van der Waals surface area (Å²) in [5.41, 5.74) is 4.05. The van der Waals surface area contributed by atoms with Gasteiger partial charge in [-0.3, -0.25) is 4.98 Å². The number of nitrogens with one attached hydrogen (secondary N) is 2. The maximum Gasteiger partial charge on any atom is 0.0705 e. The number of nitrogens with zero attached hydrogens (tertiary/aromatic N) is 1. The van der Waals surface area contributed by atoms with E-state index < -0.39 is 0 Å². The molecule has 4 rings (SSSR count). The average Bonchev–Trinajstić information content (AvgIpc) is 2.64. The summed E-state index contributed by atoms with van der Waals surface area (Å²) in [6.45, 7) is 4.69. The molecule has 2 aromatic rings. The summed E-state index contributed by atoms with van der Waals surface area (Å²) < 4.78 is 0. The van der Waals surface area contributed by atoms with Crippen LogP contribution in [0.2, 0.25) is 0 Å². The van der Waals surface area contributed by atoms with Crippen LogP contribution in [0.1, 0.15) is 36.9 Å². The highest BCUT2D eigenvalue weighted by Crippen LogP contribution is 2.26. The SMILES string of the molecule is Cl.c1ccc2nc(CC3CCNCC3)c(CC3CCNCC3)cc2c1. The second-order valence-electron chi connectivity index (χ2n) is 7.58. The minimum Gasteiger partial charge on any atom is -0.317 e. The van der Waals surface area contributed by atoms with Crippen LogP contribution in [0, 0.1) is 11.8 Å². The fourth-order valence-corrected chi connectivity index (χ4v) is 4.31. The molecule has 136 valence electrons. The third kappa shape index (κ3) is 4.72. The lowest BCUT2D eigenvalue weighted by Crippen LogP contribution is -2.30. The molecule has 25 heavy (non-hydrogen) atoms. The molecule has 0 unspecified atom stereocenters. The molecule has 1 aromatic heterocycles. The van der Waals surface area contributed by atoms with Crippen LogP contribution in [0.4, 0.5) is 0 Å². The van der Waals surface area contributed by atoms with E-state index in [1.165, 1.54) is 74.9 Å². The first-order valence-corrected chi connectivity index (χ1v) is 9.67. The molecule has 0 radical (unpaired) electrons. The van der Waals surface area contributed by atoms with E-state index in [9.17, 15) is 0 Å². The summed E-state index contributed by atoms with van der Waals surface area (Å²) in [5, 5.41) is 8.27. The molecule has 4 heteroatoms. The molecule has 0 amide bonds. The first kappa shape index (κ1) is 18.6. The van der Waals surface area contributed by atoms with Gasteiger partial charge in [0, 0.05) is 11.1 Å². The van der Waals surface area contributed by atoms with Gasteiger partial charge in [0.2, 0.25) is 0 Å². The molecule has 2 N–H and O–H groups in total. The van der Waals surface area contributed by atoms with Crippen LogP contribution in [0.15, 0.2) is 30.3 Å². The largest absolute Gasteiger partial charge is 0.317 e. The predicted octanol–water partition coefficient (Wildman–Crippen LogP) is 3.74. The maximum absolute atomic E-state index is 5.10. The van der Waals surface area contributed by atoms with E-state index in [0.717, 1.165) is 23.8 Å². The third-order valence-corrected chi connectivity index (χ3v) is 5.80. The van der Waals surface area contributed by atoms with Crippen molar-refractivity contribution in [3.63, 3.8) is 0 Å². The Bertz CT molecular complexity index is 617. The molecule has 2 fully saturated rings. The Morgan fingerprint density at radius 2 is 1.44 bits per heavy atom. The van der Waals surface area contributed by atoms with E-state index in [2.05, 4.69) is 41.0 Å². The lowest BCUT2D eigenvalue weighted by molar-refractivity contribution is 0.360. The summed E-state index contributed by atoms with van der Waals surface area (Å²) in [7, 11) is 0. The van der Waals surface area contributed by atoms with Gasteiger partial charge in [0.1, 0.15) is 0 Å². The number of halogens is 1. The van der Waals surface area contributed by atoms with Crippen molar-refractivity contribution in [3.8, 4) is 0 Å². The zero-order valence-corrected chi connectivity index (χ0v) is 15.8. The molecule has 0 aliphatic carbocycles. The quantitative estimate of drug-likeness (QED) is 0.873. The topological polar surface area (TPSA) is 37.0 Å². The molecule has 3 heterocycles.